The minimum absolute atomic E-state index is 0.181. The highest BCUT2D eigenvalue weighted by Crippen LogP contribution is 2.36. The van der Waals surface area contributed by atoms with Crippen molar-refractivity contribution in [2.24, 2.45) is 0 Å². The monoisotopic (exact) mass is 428 g/mol. The number of hydrogen-bond acceptors (Lipinski definition) is 7. The molecule has 2 aliphatic heterocycles. The molecule has 1 saturated carbocycles. The maximum absolute atomic E-state index is 13.1. The van der Waals surface area contributed by atoms with Crippen LogP contribution in [0, 0.1) is 0 Å². The molecule has 2 aromatic heterocycles. The number of imide groups is 1. The zero-order chi connectivity index (χ0) is 20.9. The molecule has 2 saturated heterocycles. The van der Waals surface area contributed by atoms with Crippen LogP contribution in [0.4, 0.5) is 9.93 Å². The molecule has 9 nitrogen and oxygen atoms in total. The Morgan fingerprint density at radius 1 is 1.20 bits per heavy atom. The molecule has 0 aromatic carbocycles. The highest BCUT2D eigenvalue weighted by molar-refractivity contribution is 7.21. The van der Waals surface area contributed by atoms with Gasteiger partial charge in [0.1, 0.15) is 21.9 Å². The molecule has 1 atom stereocenters. The first kappa shape index (κ1) is 19.2. The molecule has 30 heavy (non-hydrogen) atoms. The van der Waals surface area contributed by atoms with E-state index in [-0.39, 0.29) is 11.8 Å². The number of anilines is 1. The summed E-state index contributed by atoms with van der Waals surface area (Å²) in [5.41, 5.74) is 0.0922. The van der Waals surface area contributed by atoms with Crippen molar-refractivity contribution in [3.05, 3.63) is 18.3 Å². The van der Waals surface area contributed by atoms with Gasteiger partial charge in [0.25, 0.3) is 5.91 Å². The SMILES string of the molecule is CC(C(=O)N1CCN(c2nc3cccnc3s2)CC1)N1C(=O)NC2(CCCC2)C1=O. The van der Waals surface area contributed by atoms with Crippen molar-refractivity contribution >= 4 is 44.7 Å². The molecular formula is C20H24N6O3S. The molecule has 0 bridgehead atoms. The second-order valence-corrected chi connectivity index (χ2v) is 9.16. The first-order valence-electron chi connectivity index (χ1n) is 10.4. The van der Waals surface area contributed by atoms with Crippen molar-refractivity contribution in [1.29, 1.82) is 0 Å². The zero-order valence-electron chi connectivity index (χ0n) is 16.8. The second kappa shape index (κ2) is 7.19. The molecule has 0 radical (unpaired) electrons. The van der Waals surface area contributed by atoms with Gasteiger partial charge in [0.15, 0.2) is 5.13 Å². The maximum Gasteiger partial charge on any atom is 0.325 e. The number of fused-ring (bicyclic) bond motifs is 1. The fraction of sp³-hybridized carbons (Fsp3) is 0.550. The summed E-state index contributed by atoms with van der Waals surface area (Å²) in [6, 6.07) is 2.58. The second-order valence-electron chi connectivity index (χ2n) is 8.21. The lowest BCUT2D eigenvalue weighted by Gasteiger charge is -2.36. The first-order valence-corrected chi connectivity index (χ1v) is 11.2. The number of nitrogens with zero attached hydrogens (tertiary/aromatic N) is 5. The van der Waals surface area contributed by atoms with Gasteiger partial charge in [-0.05, 0) is 31.9 Å². The summed E-state index contributed by atoms with van der Waals surface area (Å²) in [4.78, 5) is 53.4. The van der Waals surface area contributed by atoms with E-state index in [4.69, 9.17) is 0 Å². The third-order valence-corrected chi connectivity index (χ3v) is 7.45. The van der Waals surface area contributed by atoms with Crippen LogP contribution in [0.5, 0.6) is 0 Å². The molecule has 4 amide bonds. The summed E-state index contributed by atoms with van der Waals surface area (Å²) in [6.45, 7) is 4.02. The number of pyridine rings is 1. The first-order chi connectivity index (χ1) is 14.5. The maximum atomic E-state index is 13.1. The van der Waals surface area contributed by atoms with Gasteiger partial charge in [-0.2, -0.15) is 0 Å². The topological polar surface area (TPSA) is 98.7 Å². The number of thiazole rings is 1. The third kappa shape index (κ3) is 3.01. The summed E-state index contributed by atoms with van der Waals surface area (Å²) in [6.07, 6.45) is 4.92. The largest absolute Gasteiger partial charge is 0.344 e. The van der Waals surface area contributed by atoms with Gasteiger partial charge in [-0.25, -0.2) is 19.7 Å². The van der Waals surface area contributed by atoms with E-state index in [1.165, 1.54) is 0 Å². The van der Waals surface area contributed by atoms with Crippen LogP contribution in [0.15, 0.2) is 18.3 Å². The average Bonchev–Trinajstić information content (AvgIpc) is 3.46. The summed E-state index contributed by atoms with van der Waals surface area (Å²) < 4.78 is 0. The molecule has 158 valence electrons. The van der Waals surface area contributed by atoms with E-state index in [9.17, 15) is 14.4 Å². The van der Waals surface area contributed by atoms with E-state index >= 15 is 0 Å². The Kier molecular flexibility index (Phi) is 4.61. The molecule has 4 heterocycles. The molecule has 1 spiro atoms. The van der Waals surface area contributed by atoms with Crippen LogP contribution in [0.1, 0.15) is 32.6 Å². The van der Waals surface area contributed by atoms with Crippen molar-refractivity contribution in [2.45, 2.75) is 44.2 Å². The predicted octanol–water partition coefficient (Wildman–Crippen LogP) is 1.59. The summed E-state index contributed by atoms with van der Waals surface area (Å²) >= 11 is 1.55. The van der Waals surface area contributed by atoms with Crippen molar-refractivity contribution in [3.8, 4) is 0 Å². The van der Waals surface area contributed by atoms with Crippen molar-refractivity contribution in [2.75, 3.05) is 31.1 Å². The molecule has 1 aliphatic carbocycles. The molecule has 1 unspecified atom stereocenters. The van der Waals surface area contributed by atoms with Crippen LogP contribution in [-0.2, 0) is 9.59 Å². The van der Waals surface area contributed by atoms with Gasteiger partial charge in [-0.15, -0.1) is 0 Å². The number of piperazine rings is 1. The lowest BCUT2D eigenvalue weighted by molar-refractivity contribution is -0.143. The van der Waals surface area contributed by atoms with Gasteiger partial charge < -0.3 is 15.1 Å². The number of amides is 4. The Labute approximate surface area is 178 Å². The number of carbonyl (C=O) groups excluding carboxylic acids is 3. The van der Waals surface area contributed by atoms with Crippen LogP contribution in [-0.4, -0.2) is 75.4 Å². The molecule has 1 N–H and O–H groups in total. The predicted molar refractivity (Wildman–Crippen MR) is 112 cm³/mol. The highest BCUT2D eigenvalue weighted by Gasteiger charge is 2.54. The zero-order valence-corrected chi connectivity index (χ0v) is 17.7. The van der Waals surface area contributed by atoms with Gasteiger partial charge in [-0.1, -0.05) is 24.2 Å². The van der Waals surface area contributed by atoms with Crippen LogP contribution in [0.25, 0.3) is 10.3 Å². The molecule has 3 fully saturated rings. The summed E-state index contributed by atoms with van der Waals surface area (Å²) in [5.74, 6) is -0.425. The quantitative estimate of drug-likeness (QED) is 0.746. The molecule has 3 aliphatic rings. The number of urea groups is 1. The molecular weight excluding hydrogens is 404 g/mol. The van der Waals surface area contributed by atoms with E-state index in [1.54, 1.807) is 29.4 Å². The molecule has 10 heteroatoms. The Hall–Kier alpha value is -2.75. The third-order valence-electron chi connectivity index (χ3n) is 6.41. The van der Waals surface area contributed by atoms with E-state index in [0.717, 1.165) is 33.2 Å². The minimum atomic E-state index is -0.796. The molecule has 5 rings (SSSR count). The standard InChI is InChI=1S/C20H24N6O3S/c1-13(26-17(28)20(23-18(26)29)6-2-3-7-20)16(27)24-9-11-25(12-10-24)19-22-14-5-4-8-21-15(14)30-19/h4-5,8,13H,2-3,6-7,9-12H2,1H3,(H,23,29). The number of carbonyl (C=O) groups is 3. The Morgan fingerprint density at radius 3 is 2.63 bits per heavy atom. The molecule has 2 aromatic rings. The van der Waals surface area contributed by atoms with E-state index in [0.29, 0.717) is 39.0 Å². The van der Waals surface area contributed by atoms with Crippen molar-refractivity contribution in [1.82, 2.24) is 25.1 Å². The van der Waals surface area contributed by atoms with Gasteiger partial charge >= 0.3 is 6.03 Å². The van der Waals surface area contributed by atoms with Gasteiger partial charge in [0.05, 0.1) is 0 Å². The van der Waals surface area contributed by atoms with Crippen molar-refractivity contribution < 1.29 is 14.4 Å². The van der Waals surface area contributed by atoms with Gasteiger partial charge in [0.2, 0.25) is 5.91 Å². The van der Waals surface area contributed by atoms with Crippen LogP contribution in [0.3, 0.4) is 0 Å². The lowest BCUT2D eigenvalue weighted by Crippen LogP contribution is -2.55. The van der Waals surface area contributed by atoms with Crippen LogP contribution < -0.4 is 10.2 Å². The Balaban J connectivity index is 1.24. The average molecular weight is 429 g/mol. The Bertz CT molecular complexity index is 976. The number of rotatable bonds is 3. The number of hydrogen-bond donors (Lipinski definition) is 1. The van der Waals surface area contributed by atoms with E-state index in [2.05, 4.69) is 20.2 Å². The van der Waals surface area contributed by atoms with Crippen molar-refractivity contribution in [3.63, 3.8) is 0 Å². The highest BCUT2D eigenvalue weighted by atomic mass is 32.1. The summed E-state index contributed by atoms with van der Waals surface area (Å²) in [7, 11) is 0. The van der Waals surface area contributed by atoms with E-state index < -0.39 is 17.6 Å². The summed E-state index contributed by atoms with van der Waals surface area (Å²) in [5, 5.41) is 3.76. The van der Waals surface area contributed by atoms with Gasteiger partial charge in [-0.3, -0.25) is 9.59 Å². The number of nitrogens with one attached hydrogen (secondary N) is 1. The fourth-order valence-corrected chi connectivity index (χ4v) is 5.66. The van der Waals surface area contributed by atoms with Gasteiger partial charge in [0, 0.05) is 32.4 Å². The normalized spacial score (nSPS) is 22.2. The fourth-order valence-electron chi connectivity index (χ4n) is 4.70. The smallest absolute Gasteiger partial charge is 0.325 e. The Morgan fingerprint density at radius 2 is 1.93 bits per heavy atom. The van der Waals surface area contributed by atoms with Crippen LogP contribution >= 0.6 is 11.3 Å². The van der Waals surface area contributed by atoms with Crippen LogP contribution in [0.2, 0.25) is 0 Å². The lowest BCUT2D eigenvalue weighted by atomic mass is 9.97. The number of aromatic nitrogens is 2. The minimum Gasteiger partial charge on any atom is -0.344 e. The van der Waals surface area contributed by atoms with E-state index in [1.807, 2.05) is 12.1 Å².